The highest BCUT2D eigenvalue weighted by atomic mass is 16.6. The molecule has 6 heteroatoms. The highest BCUT2D eigenvalue weighted by Crippen LogP contribution is 2.50. The van der Waals surface area contributed by atoms with Gasteiger partial charge in [-0.15, -0.1) is 0 Å². The minimum absolute atomic E-state index is 0.0308. The van der Waals surface area contributed by atoms with Gasteiger partial charge in [-0.25, -0.2) is 4.79 Å². The fraction of sp³-hybridized carbons (Fsp3) is 0.714. The summed E-state index contributed by atoms with van der Waals surface area (Å²) in [4.78, 5) is 24.1. The molecule has 1 N–H and O–H groups in total. The minimum Gasteiger partial charge on any atom is -0.482 e. The zero-order chi connectivity index (χ0) is 24.1. The van der Waals surface area contributed by atoms with Crippen molar-refractivity contribution in [1.82, 2.24) is 0 Å². The smallest absolute Gasteiger partial charge is 0.343 e. The van der Waals surface area contributed by atoms with Crippen molar-refractivity contribution in [2.75, 3.05) is 13.7 Å². The van der Waals surface area contributed by atoms with Crippen LogP contribution in [0.2, 0.25) is 0 Å². The summed E-state index contributed by atoms with van der Waals surface area (Å²) in [5, 5.41) is 10.6. The summed E-state index contributed by atoms with van der Waals surface area (Å²) < 4.78 is 16.6. The van der Waals surface area contributed by atoms with Crippen LogP contribution in [0.3, 0.4) is 0 Å². The van der Waals surface area contributed by atoms with Crippen LogP contribution in [0.4, 0.5) is 0 Å². The fourth-order valence-corrected chi connectivity index (χ4v) is 5.97. The van der Waals surface area contributed by atoms with Gasteiger partial charge < -0.3 is 19.3 Å². The molecule has 0 spiro atoms. The number of carbonyl (C=O) groups is 2. The number of aliphatic hydroxyl groups excluding tert-OH is 1. The molecule has 0 aliphatic heterocycles. The van der Waals surface area contributed by atoms with Crippen molar-refractivity contribution >= 4 is 11.9 Å². The maximum atomic E-state index is 12.5. The van der Waals surface area contributed by atoms with Crippen LogP contribution in [0.15, 0.2) is 18.2 Å². The third-order valence-electron chi connectivity index (χ3n) is 8.05. The third-order valence-corrected chi connectivity index (χ3v) is 8.05. The molecule has 3 aliphatic carbocycles. The van der Waals surface area contributed by atoms with E-state index in [1.54, 1.807) is 0 Å². The van der Waals surface area contributed by atoms with Crippen molar-refractivity contribution in [1.29, 1.82) is 0 Å². The number of carbonyl (C=O) groups excluding carboxylic acids is 2. The average molecular weight is 473 g/mol. The van der Waals surface area contributed by atoms with E-state index < -0.39 is 5.97 Å². The van der Waals surface area contributed by atoms with Crippen LogP contribution < -0.4 is 4.74 Å². The largest absolute Gasteiger partial charge is 0.482 e. The van der Waals surface area contributed by atoms with E-state index >= 15 is 0 Å². The lowest BCUT2D eigenvalue weighted by atomic mass is 9.73. The zero-order valence-electron chi connectivity index (χ0n) is 20.7. The fourth-order valence-electron chi connectivity index (χ4n) is 5.97. The molecule has 0 saturated heterocycles. The van der Waals surface area contributed by atoms with Crippen molar-refractivity contribution in [3.8, 4) is 5.75 Å². The molecule has 1 aromatic carbocycles. The molecule has 188 valence electrons. The van der Waals surface area contributed by atoms with Gasteiger partial charge in [-0.05, 0) is 86.3 Å². The molecule has 2 fully saturated rings. The quantitative estimate of drug-likeness (QED) is 0.353. The van der Waals surface area contributed by atoms with Crippen LogP contribution in [0, 0.1) is 23.7 Å². The van der Waals surface area contributed by atoms with Crippen molar-refractivity contribution in [2.45, 2.75) is 89.8 Å². The van der Waals surface area contributed by atoms with Crippen LogP contribution in [0.5, 0.6) is 5.75 Å². The normalized spacial score (nSPS) is 26.3. The summed E-state index contributed by atoms with van der Waals surface area (Å²) in [6, 6.07) is 6.06. The zero-order valence-corrected chi connectivity index (χ0v) is 20.7. The van der Waals surface area contributed by atoms with E-state index in [-0.39, 0.29) is 36.6 Å². The monoisotopic (exact) mass is 472 g/mol. The summed E-state index contributed by atoms with van der Waals surface area (Å²) in [6.45, 7) is 2.08. The Kier molecular flexibility index (Phi) is 8.51. The topological polar surface area (TPSA) is 82.1 Å². The number of esters is 2. The first-order valence-electron chi connectivity index (χ1n) is 13.2. The van der Waals surface area contributed by atoms with Gasteiger partial charge in [0.05, 0.1) is 19.1 Å². The number of rotatable bonds is 12. The highest BCUT2D eigenvalue weighted by Gasteiger charge is 2.48. The SMILES string of the molecule is CCCCC[C@H](O)CC[C@@H]1[C@H]2Cc3cccc(OCC(=O)OC)c3C[C@H]2C[C@H]1OC(=O)C1CC1. The summed E-state index contributed by atoms with van der Waals surface area (Å²) >= 11 is 0. The van der Waals surface area contributed by atoms with E-state index in [1.165, 1.54) is 18.2 Å². The predicted molar refractivity (Wildman–Crippen MR) is 128 cm³/mol. The molecular weight excluding hydrogens is 432 g/mol. The van der Waals surface area contributed by atoms with Crippen molar-refractivity contribution < 1.29 is 28.9 Å². The second-order valence-electron chi connectivity index (χ2n) is 10.5. The minimum atomic E-state index is -0.392. The summed E-state index contributed by atoms with van der Waals surface area (Å²) in [5.74, 6) is 1.55. The third kappa shape index (κ3) is 6.12. The molecule has 1 aromatic rings. The van der Waals surface area contributed by atoms with Crippen molar-refractivity contribution in [3.63, 3.8) is 0 Å². The van der Waals surface area contributed by atoms with E-state index in [2.05, 4.69) is 13.0 Å². The van der Waals surface area contributed by atoms with E-state index in [4.69, 9.17) is 14.2 Å². The van der Waals surface area contributed by atoms with E-state index in [1.807, 2.05) is 12.1 Å². The Hall–Kier alpha value is -2.08. The van der Waals surface area contributed by atoms with Gasteiger partial charge in [-0.1, -0.05) is 38.3 Å². The number of fused-ring (bicyclic) bond motifs is 2. The van der Waals surface area contributed by atoms with Crippen LogP contribution in [0.25, 0.3) is 0 Å². The van der Waals surface area contributed by atoms with Crippen molar-refractivity contribution in [3.05, 3.63) is 29.3 Å². The van der Waals surface area contributed by atoms with Gasteiger partial charge >= 0.3 is 11.9 Å². The highest BCUT2D eigenvalue weighted by molar-refractivity contribution is 5.75. The standard InChI is InChI=1S/C28H40O6/c1-3-4-5-8-21(29)12-13-22-23-14-19-7-6-9-25(33-17-27(30)32-2)24(19)15-20(23)16-26(22)34-28(31)18-10-11-18/h6-7,9,18,20-23,26,29H,3-5,8,10-17H2,1-2H3/t20-,21-,22+,23-,26+/m0/s1. The Balaban J connectivity index is 1.45. The Labute approximate surface area is 203 Å². The molecule has 0 heterocycles. The van der Waals surface area contributed by atoms with Crippen LogP contribution in [-0.2, 0) is 31.9 Å². The lowest BCUT2D eigenvalue weighted by Gasteiger charge is -2.32. The van der Waals surface area contributed by atoms with Crippen molar-refractivity contribution in [2.24, 2.45) is 23.7 Å². The Morgan fingerprint density at radius 3 is 2.71 bits per heavy atom. The molecule has 5 atom stereocenters. The molecule has 0 unspecified atom stereocenters. The first-order valence-corrected chi connectivity index (χ1v) is 13.2. The number of hydrogen-bond donors (Lipinski definition) is 1. The van der Waals surface area contributed by atoms with E-state index in [9.17, 15) is 14.7 Å². The lowest BCUT2D eigenvalue weighted by Crippen LogP contribution is -2.30. The van der Waals surface area contributed by atoms with Crippen LogP contribution >= 0.6 is 0 Å². The number of benzene rings is 1. The summed E-state index contributed by atoms with van der Waals surface area (Å²) in [6.07, 6.45) is 10.1. The van der Waals surface area contributed by atoms with Gasteiger partial charge in [0.15, 0.2) is 6.61 Å². The Bertz CT molecular complexity index is 847. The average Bonchev–Trinajstić information content (AvgIpc) is 3.63. The van der Waals surface area contributed by atoms with Gasteiger partial charge in [0, 0.05) is 0 Å². The van der Waals surface area contributed by atoms with Gasteiger partial charge in [-0.3, -0.25) is 4.79 Å². The van der Waals surface area contributed by atoms with Crippen LogP contribution in [0.1, 0.15) is 75.8 Å². The molecule has 0 bridgehead atoms. The molecule has 0 amide bonds. The molecule has 2 saturated carbocycles. The number of aliphatic hydroxyl groups is 1. The maximum absolute atomic E-state index is 12.5. The molecule has 4 rings (SSSR count). The number of ether oxygens (including phenoxy) is 3. The van der Waals surface area contributed by atoms with E-state index in [0.29, 0.717) is 11.8 Å². The van der Waals surface area contributed by atoms with E-state index in [0.717, 1.165) is 76.4 Å². The van der Waals surface area contributed by atoms with Gasteiger partial charge in [-0.2, -0.15) is 0 Å². The first kappa shape index (κ1) is 25.0. The number of unbranched alkanes of at least 4 members (excludes halogenated alkanes) is 2. The molecule has 0 radical (unpaired) electrons. The second kappa shape index (κ2) is 11.6. The molecule has 0 aromatic heterocycles. The Morgan fingerprint density at radius 1 is 1.15 bits per heavy atom. The summed E-state index contributed by atoms with van der Waals surface area (Å²) in [5.41, 5.74) is 2.42. The number of hydrogen-bond acceptors (Lipinski definition) is 6. The maximum Gasteiger partial charge on any atom is 0.343 e. The summed E-state index contributed by atoms with van der Waals surface area (Å²) in [7, 11) is 1.36. The molecular formula is C28H40O6. The Morgan fingerprint density at radius 2 is 1.97 bits per heavy atom. The predicted octanol–water partition coefficient (Wildman–Crippen LogP) is 4.63. The molecule has 34 heavy (non-hydrogen) atoms. The number of methoxy groups -OCH3 is 1. The lowest BCUT2D eigenvalue weighted by molar-refractivity contribution is -0.153. The molecule has 3 aliphatic rings. The first-order chi connectivity index (χ1) is 16.5. The van der Waals surface area contributed by atoms with Gasteiger partial charge in [0.2, 0.25) is 0 Å². The van der Waals surface area contributed by atoms with Crippen LogP contribution in [-0.4, -0.2) is 43.0 Å². The second-order valence-corrected chi connectivity index (χ2v) is 10.5. The van der Waals surface area contributed by atoms with Gasteiger partial charge in [0.25, 0.3) is 0 Å². The molecule has 6 nitrogen and oxygen atoms in total. The van der Waals surface area contributed by atoms with Gasteiger partial charge in [0.1, 0.15) is 11.9 Å².